The van der Waals surface area contributed by atoms with Gasteiger partial charge in [-0.05, 0) is 37.0 Å². The van der Waals surface area contributed by atoms with Crippen molar-refractivity contribution in [3.63, 3.8) is 0 Å². The predicted molar refractivity (Wildman–Crippen MR) is 72.0 cm³/mol. The monoisotopic (exact) mass is 220 g/mol. The van der Waals surface area contributed by atoms with Crippen LogP contribution < -0.4 is 10.6 Å². The molecular formula is C14H24N2. The van der Waals surface area contributed by atoms with Crippen LogP contribution in [0.3, 0.4) is 0 Å². The quantitative estimate of drug-likeness (QED) is 0.798. The Bertz CT molecular complexity index is 292. The van der Waals surface area contributed by atoms with Gasteiger partial charge in [0.2, 0.25) is 0 Å². The van der Waals surface area contributed by atoms with E-state index in [-0.39, 0.29) is 0 Å². The second-order valence-corrected chi connectivity index (χ2v) is 4.46. The molecule has 1 aromatic carbocycles. The first-order valence-electron chi connectivity index (χ1n) is 6.23. The highest BCUT2D eigenvalue weighted by atomic mass is 15.1. The van der Waals surface area contributed by atoms with Crippen molar-refractivity contribution in [1.29, 1.82) is 0 Å². The Morgan fingerprint density at radius 2 is 1.81 bits per heavy atom. The van der Waals surface area contributed by atoms with Gasteiger partial charge in [0, 0.05) is 25.3 Å². The molecule has 1 atom stereocenters. The van der Waals surface area contributed by atoms with Gasteiger partial charge in [-0.15, -0.1) is 0 Å². The van der Waals surface area contributed by atoms with Gasteiger partial charge in [0.15, 0.2) is 0 Å². The van der Waals surface area contributed by atoms with Gasteiger partial charge in [-0.1, -0.05) is 26.0 Å². The lowest BCUT2D eigenvalue weighted by Crippen LogP contribution is -2.21. The molecule has 1 aromatic rings. The van der Waals surface area contributed by atoms with Crippen molar-refractivity contribution in [2.24, 2.45) is 5.73 Å². The van der Waals surface area contributed by atoms with Crippen molar-refractivity contribution in [1.82, 2.24) is 0 Å². The SMILES string of the molecule is CCCN(C)c1ccc(CC(N)CC)cc1. The number of nitrogens with two attached hydrogens (primary N) is 1. The van der Waals surface area contributed by atoms with Crippen LogP contribution in [0, 0.1) is 0 Å². The van der Waals surface area contributed by atoms with E-state index in [4.69, 9.17) is 5.73 Å². The van der Waals surface area contributed by atoms with Crippen LogP contribution in [0.25, 0.3) is 0 Å². The van der Waals surface area contributed by atoms with Gasteiger partial charge in [0.1, 0.15) is 0 Å². The van der Waals surface area contributed by atoms with E-state index in [1.54, 1.807) is 0 Å². The summed E-state index contributed by atoms with van der Waals surface area (Å²) in [5, 5.41) is 0. The van der Waals surface area contributed by atoms with Crippen molar-refractivity contribution in [3.8, 4) is 0 Å². The molecule has 2 nitrogen and oxygen atoms in total. The van der Waals surface area contributed by atoms with Gasteiger partial charge in [-0.3, -0.25) is 0 Å². The molecule has 1 rings (SSSR count). The molecule has 0 aliphatic heterocycles. The summed E-state index contributed by atoms with van der Waals surface area (Å²) in [6.07, 6.45) is 3.20. The van der Waals surface area contributed by atoms with Crippen LogP contribution in [0.1, 0.15) is 32.3 Å². The maximum atomic E-state index is 5.94. The first kappa shape index (κ1) is 13.0. The van der Waals surface area contributed by atoms with Crippen LogP contribution in [0.2, 0.25) is 0 Å². The van der Waals surface area contributed by atoms with E-state index in [1.807, 2.05) is 0 Å². The number of rotatable bonds is 6. The highest BCUT2D eigenvalue weighted by Gasteiger charge is 2.03. The number of anilines is 1. The second-order valence-electron chi connectivity index (χ2n) is 4.46. The first-order chi connectivity index (χ1) is 7.67. The maximum Gasteiger partial charge on any atom is 0.0363 e. The van der Waals surface area contributed by atoms with E-state index in [0.717, 1.165) is 19.4 Å². The van der Waals surface area contributed by atoms with Gasteiger partial charge in [0.25, 0.3) is 0 Å². The smallest absolute Gasteiger partial charge is 0.0363 e. The summed E-state index contributed by atoms with van der Waals surface area (Å²) in [4.78, 5) is 2.28. The van der Waals surface area contributed by atoms with E-state index < -0.39 is 0 Å². The molecule has 0 radical (unpaired) electrons. The normalized spacial score (nSPS) is 12.5. The Morgan fingerprint density at radius 3 is 2.31 bits per heavy atom. The summed E-state index contributed by atoms with van der Waals surface area (Å²) in [6.45, 7) is 5.44. The predicted octanol–water partition coefficient (Wildman–Crippen LogP) is 2.81. The average Bonchev–Trinajstić information content (AvgIpc) is 2.30. The molecule has 0 aliphatic rings. The maximum absolute atomic E-state index is 5.94. The molecule has 16 heavy (non-hydrogen) atoms. The molecule has 90 valence electrons. The summed E-state index contributed by atoms with van der Waals surface area (Å²) in [6, 6.07) is 9.05. The molecule has 0 spiro atoms. The standard InChI is InChI=1S/C14H24N2/c1-4-10-16(3)14-8-6-12(7-9-14)11-13(15)5-2/h6-9,13H,4-5,10-11,15H2,1-3H3. The third kappa shape index (κ3) is 3.86. The lowest BCUT2D eigenvalue weighted by Gasteiger charge is -2.18. The minimum Gasteiger partial charge on any atom is -0.375 e. The molecule has 0 aliphatic carbocycles. The number of nitrogens with zero attached hydrogens (tertiary/aromatic N) is 1. The largest absolute Gasteiger partial charge is 0.375 e. The fraction of sp³-hybridized carbons (Fsp3) is 0.571. The molecule has 0 aromatic heterocycles. The van der Waals surface area contributed by atoms with Crippen LogP contribution in [0.5, 0.6) is 0 Å². The Morgan fingerprint density at radius 1 is 1.19 bits per heavy atom. The number of hydrogen-bond donors (Lipinski definition) is 1. The van der Waals surface area contributed by atoms with E-state index in [1.165, 1.54) is 17.7 Å². The van der Waals surface area contributed by atoms with Gasteiger partial charge < -0.3 is 10.6 Å². The summed E-state index contributed by atoms with van der Waals surface area (Å²) < 4.78 is 0. The minimum absolute atomic E-state index is 0.291. The summed E-state index contributed by atoms with van der Waals surface area (Å²) in [5.74, 6) is 0. The van der Waals surface area contributed by atoms with Crippen LogP contribution in [-0.2, 0) is 6.42 Å². The zero-order valence-corrected chi connectivity index (χ0v) is 10.7. The molecule has 0 amide bonds. The van der Waals surface area contributed by atoms with E-state index in [0.29, 0.717) is 6.04 Å². The molecule has 0 heterocycles. The second kappa shape index (κ2) is 6.54. The number of benzene rings is 1. The third-order valence-corrected chi connectivity index (χ3v) is 2.96. The minimum atomic E-state index is 0.291. The Hall–Kier alpha value is -1.02. The van der Waals surface area contributed by atoms with Crippen LogP contribution in [-0.4, -0.2) is 19.6 Å². The van der Waals surface area contributed by atoms with Gasteiger partial charge >= 0.3 is 0 Å². The fourth-order valence-corrected chi connectivity index (χ4v) is 1.80. The van der Waals surface area contributed by atoms with Gasteiger partial charge in [-0.2, -0.15) is 0 Å². The summed E-state index contributed by atoms with van der Waals surface area (Å²) in [5.41, 5.74) is 8.56. The Labute approximate surface area is 99.5 Å². The summed E-state index contributed by atoms with van der Waals surface area (Å²) in [7, 11) is 2.14. The molecular weight excluding hydrogens is 196 g/mol. The van der Waals surface area contributed by atoms with E-state index in [2.05, 4.69) is 50.1 Å². The van der Waals surface area contributed by atoms with E-state index >= 15 is 0 Å². The zero-order valence-electron chi connectivity index (χ0n) is 10.7. The third-order valence-electron chi connectivity index (χ3n) is 2.96. The van der Waals surface area contributed by atoms with Crippen molar-refractivity contribution in [2.45, 2.75) is 39.2 Å². The van der Waals surface area contributed by atoms with Crippen LogP contribution >= 0.6 is 0 Å². The molecule has 2 N–H and O–H groups in total. The molecule has 0 bridgehead atoms. The highest BCUT2D eigenvalue weighted by Crippen LogP contribution is 2.15. The van der Waals surface area contributed by atoms with Crippen molar-refractivity contribution in [2.75, 3.05) is 18.5 Å². The van der Waals surface area contributed by atoms with E-state index in [9.17, 15) is 0 Å². The highest BCUT2D eigenvalue weighted by molar-refractivity contribution is 5.46. The topological polar surface area (TPSA) is 29.3 Å². The lowest BCUT2D eigenvalue weighted by atomic mass is 10.0. The van der Waals surface area contributed by atoms with Gasteiger partial charge in [-0.25, -0.2) is 0 Å². The average molecular weight is 220 g/mol. The number of hydrogen-bond acceptors (Lipinski definition) is 2. The Kier molecular flexibility index (Phi) is 5.33. The fourth-order valence-electron chi connectivity index (χ4n) is 1.80. The van der Waals surface area contributed by atoms with Crippen LogP contribution in [0.15, 0.2) is 24.3 Å². The van der Waals surface area contributed by atoms with Crippen molar-refractivity contribution >= 4 is 5.69 Å². The van der Waals surface area contributed by atoms with Gasteiger partial charge in [0.05, 0.1) is 0 Å². The molecule has 1 unspecified atom stereocenters. The molecule has 2 heteroatoms. The Balaban J connectivity index is 2.60. The van der Waals surface area contributed by atoms with Crippen molar-refractivity contribution < 1.29 is 0 Å². The molecule has 0 fully saturated rings. The summed E-state index contributed by atoms with van der Waals surface area (Å²) >= 11 is 0. The first-order valence-corrected chi connectivity index (χ1v) is 6.23. The van der Waals surface area contributed by atoms with Crippen molar-refractivity contribution in [3.05, 3.63) is 29.8 Å². The van der Waals surface area contributed by atoms with Crippen LogP contribution in [0.4, 0.5) is 5.69 Å². The molecule has 0 saturated heterocycles. The lowest BCUT2D eigenvalue weighted by molar-refractivity contribution is 0.646. The zero-order chi connectivity index (χ0) is 12.0. The molecule has 0 saturated carbocycles.